The van der Waals surface area contributed by atoms with Crippen molar-refractivity contribution in [2.24, 2.45) is 5.92 Å². The first kappa shape index (κ1) is 27.5. The lowest BCUT2D eigenvalue weighted by Gasteiger charge is -2.34. The van der Waals surface area contributed by atoms with E-state index in [2.05, 4.69) is 4.74 Å². The van der Waals surface area contributed by atoms with Crippen molar-refractivity contribution >= 4 is 0 Å². The van der Waals surface area contributed by atoms with Crippen LogP contribution in [-0.2, 0) is 9.47 Å². The Morgan fingerprint density at radius 2 is 1.31 bits per heavy atom. The number of aryl methyl sites for hydroxylation is 1. The van der Waals surface area contributed by atoms with Gasteiger partial charge in [-0.2, -0.15) is 8.78 Å². The third-order valence-electron chi connectivity index (χ3n) is 7.60. The predicted molar refractivity (Wildman–Crippen MR) is 132 cm³/mol. The van der Waals surface area contributed by atoms with Crippen molar-refractivity contribution in [3.8, 4) is 5.75 Å². The average Bonchev–Trinajstić information content (AvgIpc) is 2.92. The molecule has 1 saturated heterocycles. The molecule has 3 aromatic carbocycles. The highest BCUT2D eigenvalue weighted by Crippen LogP contribution is 2.44. The molecule has 2 fully saturated rings. The van der Waals surface area contributed by atoms with E-state index in [1.54, 1.807) is 12.1 Å². The molecule has 39 heavy (non-hydrogen) atoms. The van der Waals surface area contributed by atoms with Crippen LogP contribution in [0.3, 0.4) is 0 Å². The van der Waals surface area contributed by atoms with E-state index in [1.165, 1.54) is 11.6 Å². The van der Waals surface area contributed by atoms with Gasteiger partial charge < -0.3 is 14.2 Å². The van der Waals surface area contributed by atoms with Gasteiger partial charge in [-0.15, -0.1) is 0 Å². The van der Waals surface area contributed by atoms with E-state index in [-0.39, 0.29) is 37.5 Å². The summed E-state index contributed by atoms with van der Waals surface area (Å²) >= 11 is 0. The normalized spacial score (nSPS) is 24.0. The molecule has 0 atom stereocenters. The van der Waals surface area contributed by atoms with Gasteiger partial charge in [0.05, 0.1) is 19.1 Å². The number of ether oxygens (including phenoxy) is 3. The number of hydrogen-bond donors (Lipinski definition) is 0. The van der Waals surface area contributed by atoms with E-state index >= 15 is 4.39 Å². The molecule has 0 spiro atoms. The number of hydrogen-bond acceptors (Lipinski definition) is 3. The lowest BCUT2D eigenvalue weighted by atomic mass is 9.78. The van der Waals surface area contributed by atoms with Crippen LogP contribution < -0.4 is 4.74 Å². The Labute approximate surface area is 222 Å². The topological polar surface area (TPSA) is 27.7 Å². The molecule has 208 valence electrons. The van der Waals surface area contributed by atoms with Crippen LogP contribution in [0.25, 0.3) is 0 Å². The first-order valence-corrected chi connectivity index (χ1v) is 12.9. The molecular weight excluding hydrogens is 522 g/mol. The quantitative estimate of drug-likeness (QED) is 0.228. The van der Waals surface area contributed by atoms with Gasteiger partial charge in [0.2, 0.25) is 0 Å². The van der Waals surface area contributed by atoms with Gasteiger partial charge in [-0.05, 0) is 55.7 Å². The number of benzene rings is 3. The van der Waals surface area contributed by atoms with Crippen LogP contribution in [0.4, 0.5) is 26.3 Å². The second-order valence-electron chi connectivity index (χ2n) is 10.3. The van der Waals surface area contributed by atoms with Crippen LogP contribution in [0.15, 0.2) is 54.6 Å². The van der Waals surface area contributed by atoms with Crippen LogP contribution in [0.1, 0.15) is 66.1 Å². The second kappa shape index (κ2) is 11.2. The maximum absolute atomic E-state index is 15.1. The zero-order valence-corrected chi connectivity index (χ0v) is 21.2. The average molecular weight is 551 g/mol. The molecule has 1 aliphatic carbocycles. The molecule has 1 aliphatic heterocycles. The standard InChI is InChI=1S/C30H28F6O3/c1-17-2-4-18(5-3-17)21-15-37-29(38-16-21)20-8-11-24(25(31)12-20)19-6-9-22(10-7-19)30(35,36)39-23-13-26(32)28(34)27(33)14-23/h2-5,8,11-14,19,21-22,29H,6-7,9-10,15-16H2,1H3. The molecule has 5 rings (SSSR count). The molecule has 0 bridgehead atoms. The molecule has 2 aliphatic rings. The minimum absolute atomic E-state index is 0.0142. The van der Waals surface area contributed by atoms with E-state index in [1.807, 2.05) is 31.2 Å². The highest BCUT2D eigenvalue weighted by molar-refractivity contribution is 5.30. The summed E-state index contributed by atoms with van der Waals surface area (Å²) in [6.45, 7) is 2.90. The summed E-state index contributed by atoms with van der Waals surface area (Å²) in [6.07, 6.45) is -3.83. The Morgan fingerprint density at radius 1 is 0.718 bits per heavy atom. The summed E-state index contributed by atoms with van der Waals surface area (Å²) in [6, 6.07) is 13.7. The molecule has 0 N–H and O–H groups in total. The maximum atomic E-state index is 15.1. The zero-order valence-electron chi connectivity index (χ0n) is 21.2. The largest absolute Gasteiger partial charge is 0.432 e. The third kappa shape index (κ3) is 6.09. The van der Waals surface area contributed by atoms with Gasteiger partial charge in [-0.3, -0.25) is 0 Å². The van der Waals surface area contributed by atoms with Crippen molar-refractivity contribution in [3.63, 3.8) is 0 Å². The van der Waals surface area contributed by atoms with Crippen LogP contribution in [0.5, 0.6) is 5.75 Å². The monoisotopic (exact) mass is 550 g/mol. The second-order valence-corrected chi connectivity index (χ2v) is 10.3. The number of alkyl halides is 2. The Balaban J connectivity index is 1.17. The summed E-state index contributed by atoms with van der Waals surface area (Å²) in [5.41, 5.74) is 3.26. The SMILES string of the molecule is Cc1ccc(C2COC(c3ccc(C4CCC(C(F)(F)Oc5cc(F)c(F)c(F)c5)CC4)c(F)c3)OC2)cc1. The van der Waals surface area contributed by atoms with E-state index < -0.39 is 47.3 Å². The highest BCUT2D eigenvalue weighted by atomic mass is 19.3. The fourth-order valence-electron chi connectivity index (χ4n) is 5.32. The number of halogens is 6. The molecule has 1 saturated carbocycles. The molecule has 1 heterocycles. The first-order valence-electron chi connectivity index (χ1n) is 12.9. The minimum Gasteiger partial charge on any atom is -0.432 e. The Hall–Kier alpha value is -3.04. The smallest absolute Gasteiger partial charge is 0.400 e. The third-order valence-corrected chi connectivity index (χ3v) is 7.60. The summed E-state index contributed by atoms with van der Waals surface area (Å²) in [5, 5.41) is 0. The fourth-order valence-corrected chi connectivity index (χ4v) is 5.32. The molecule has 0 aromatic heterocycles. The summed E-state index contributed by atoms with van der Waals surface area (Å²) < 4.78 is 101. The lowest BCUT2D eigenvalue weighted by molar-refractivity contribution is -0.222. The molecule has 9 heteroatoms. The van der Waals surface area contributed by atoms with Crippen LogP contribution in [0.2, 0.25) is 0 Å². The number of rotatable bonds is 6. The van der Waals surface area contributed by atoms with Gasteiger partial charge >= 0.3 is 6.11 Å². The van der Waals surface area contributed by atoms with Crippen LogP contribution in [-0.4, -0.2) is 19.3 Å². The summed E-state index contributed by atoms with van der Waals surface area (Å²) in [5.74, 6) is -7.65. The lowest BCUT2D eigenvalue weighted by Crippen LogP contribution is -2.37. The van der Waals surface area contributed by atoms with Crippen molar-refractivity contribution in [2.45, 2.75) is 56.8 Å². The summed E-state index contributed by atoms with van der Waals surface area (Å²) in [4.78, 5) is 0. The predicted octanol–water partition coefficient (Wildman–Crippen LogP) is 8.33. The van der Waals surface area contributed by atoms with E-state index in [4.69, 9.17) is 9.47 Å². The van der Waals surface area contributed by atoms with Crippen molar-refractivity contribution in [1.82, 2.24) is 0 Å². The molecule has 3 aromatic rings. The maximum Gasteiger partial charge on any atom is 0.400 e. The highest BCUT2D eigenvalue weighted by Gasteiger charge is 2.44. The van der Waals surface area contributed by atoms with Crippen molar-refractivity contribution < 1.29 is 40.6 Å². The van der Waals surface area contributed by atoms with Gasteiger partial charge in [0.25, 0.3) is 0 Å². The summed E-state index contributed by atoms with van der Waals surface area (Å²) in [7, 11) is 0. The fraction of sp³-hybridized carbons (Fsp3) is 0.400. The van der Waals surface area contributed by atoms with Crippen molar-refractivity contribution in [2.75, 3.05) is 13.2 Å². The van der Waals surface area contributed by atoms with E-state index in [9.17, 15) is 22.0 Å². The van der Waals surface area contributed by atoms with Gasteiger partial charge in [-0.25, -0.2) is 17.6 Å². The van der Waals surface area contributed by atoms with E-state index in [0.29, 0.717) is 36.5 Å². The Bertz CT molecular complexity index is 1270. The van der Waals surface area contributed by atoms with Crippen LogP contribution >= 0.6 is 0 Å². The minimum atomic E-state index is -3.73. The molecule has 0 radical (unpaired) electrons. The molecular formula is C30H28F6O3. The van der Waals surface area contributed by atoms with Gasteiger partial charge in [0, 0.05) is 23.6 Å². The van der Waals surface area contributed by atoms with Crippen LogP contribution in [0, 0.1) is 36.1 Å². The van der Waals surface area contributed by atoms with E-state index in [0.717, 1.165) is 5.56 Å². The van der Waals surface area contributed by atoms with Gasteiger partial charge in [0.15, 0.2) is 23.7 Å². The van der Waals surface area contributed by atoms with Crippen molar-refractivity contribution in [1.29, 1.82) is 0 Å². The molecule has 0 unspecified atom stereocenters. The molecule has 0 amide bonds. The van der Waals surface area contributed by atoms with Gasteiger partial charge in [0.1, 0.15) is 11.6 Å². The Morgan fingerprint density at radius 3 is 1.90 bits per heavy atom. The van der Waals surface area contributed by atoms with Crippen molar-refractivity contribution in [3.05, 3.63) is 100 Å². The Kier molecular flexibility index (Phi) is 7.91. The first-order chi connectivity index (χ1) is 18.6. The molecule has 3 nitrogen and oxygen atoms in total. The zero-order chi connectivity index (χ0) is 27.7. The van der Waals surface area contributed by atoms with Gasteiger partial charge in [-0.1, -0.05) is 42.0 Å².